The van der Waals surface area contributed by atoms with E-state index in [9.17, 15) is 40.2 Å². The van der Waals surface area contributed by atoms with Gasteiger partial charge in [-0.3, -0.25) is 29.9 Å². The number of benzene rings is 2. The summed E-state index contributed by atoms with van der Waals surface area (Å²) in [4.78, 5) is 56.5. The molecular weight excluding hydrogens is 1330 g/mol. The first-order valence-corrected chi connectivity index (χ1v) is 24.9. The van der Waals surface area contributed by atoms with Crippen LogP contribution in [-0.2, 0) is 66.0 Å². The number of halogens is 2. The summed E-state index contributed by atoms with van der Waals surface area (Å²) < 4.78 is 67.9. The Morgan fingerprint density at radius 1 is 0.417 bits per heavy atom. The molecule has 0 saturated heterocycles. The van der Waals surface area contributed by atoms with Gasteiger partial charge in [0, 0.05) is 63.2 Å². The van der Waals surface area contributed by atoms with E-state index in [4.69, 9.17) is 47.5 Å². The molecule has 6 rings (SSSR count). The molecule has 0 spiro atoms. The Bertz CT molecular complexity index is 2470. The third-order valence-corrected chi connectivity index (χ3v) is 8.28. The van der Waals surface area contributed by atoms with Crippen LogP contribution in [0.25, 0.3) is 22.8 Å². The maximum Gasteiger partial charge on any atom is 3.00 e. The fourth-order valence-corrected chi connectivity index (χ4v) is 5.13. The Morgan fingerprint density at radius 2 is 0.643 bits per heavy atom. The molecule has 6 aromatic rings. The van der Waals surface area contributed by atoms with E-state index in [1.807, 2.05) is 111 Å². The minimum absolute atomic E-state index is 0. The van der Waals surface area contributed by atoms with Gasteiger partial charge in [0.2, 0.25) is 0 Å². The number of hydrogen-bond donors (Lipinski definition) is 2. The first-order chi connectivity index (χ1) is 37.8. The number of carboxylic acids is 2. The molecule has 4 aromatic heterocycles. The van der Waals surface area contributed by atoms with E-state index >= 15 is 0 Å². The van der Waals surface area contributed by atoms with Crippen molar-refractivity contribution in [1.29, 1.82) is 0 Å². The van der Waals surface area contributed by atoms with Crippen molar-refractivity contribution in [2.24, 2.45) is 20.0 Å². The summed E-state index contributed by atoms with van der Waals surface area (Å²) in [5, 5.41) is 81.8. The summed E-state index contributed by atoms with van der Waals surface area (Å²) in [6.07, 6.45) is 8.35. The van der Waals surface area contributed by atoms with Crippen molar-refractivity contribution in [3.63, 3.8) is 0 Å². The van der Waals surface area contributed by atoms with Gasteiger partial charge in [0.05, 0.1) is 46.1 Å². The smallest absolute Gasteiger partial charge is 0.858 e. The molecular formula is C50H56Cl2N10Ni4O18+2. The number of aliphatic imine (C=N–C) groups is 4. The normalized spacial score (nSPS) is 10.7. The second-order valence-electron chi connectivity index (χ2n) is 14.7. The summed E-state index contributed by atoms with van der Waals surface area (Å²) in [7, 11) is -0.337. The zero-order valence-electron chi connectivity index (χ0n) is 45.0. The number of para-hydroxylation sites is 2. The molecule has 0 amide bonds. The maximum atomic E-state index is 11.6. The van der Waals surface area contributed by atoms with Crippen molar-refractivity contribution in [2.45, 2.75) is 12.8 Å². The quantitative estimate of drug-likeness (QED) is 0.0442. The number of nitrogens with zero attached hydrogens (tertiary/aromatic N) is 10. The van der Waals surface area contributed by atoms with E-state index in [0.717, 1.165) is 50.1 Å². The van der Waals surface area contributed by atoms with Crippen LogP contribution < -0.4 is 67.9 Å². The van der Waals surface area contributed by atoms with E-state index in [1.165, 1.54) is 48.5 Å². The largest absolute Gasteiger partial charge is 3.00 e. The van der Waals surface area contributed by atoms with Gasteiger partial charge < -0.3 is 70.2 Å². The topological polar surface area (TPSA) is 505 Å². The molecule has 34 heteroatoms. The van der Waals surface area contributed by atoms with Gasteiger partial charge >= 0.3 is 66.0 Å². The Morgan fingerprint density at radius 3 is 0.845 bits per heavy atom. The monoisotopic (exact) mass is 1390 g/mol. The number of carbonyl (C=O) groups is 2. The number of pyridine rings is 4. The van der Waals surface area contributed by atoms with Crippen LogP contribution in [0.5, 0.6) is 0 Å². The third kappa shape index (κ3) is 48.3. The number of aromatic carboxylic acids is 2. The predicted molar refractivity (Wildman–Crippen MR) is 258 cm³/mol. The molecule has 2 N–H and O–H groups in total. The molecule has 0 aliphatic carbocycles. The Kier molecular flexibility index (Phi) is 55.7. The SMILES string of the molecule is CN(C)CCCN=C([O-])C([O-])=Nc1ccccc1C(=O)[O-].CN(C)CCCN=C([O-])C([O-])=Nc1ccccc1C(=O)[O-].CO.CO.[Ni+2].[Ni+2].[Ni+3].[Ni+3].[O-][Cl+3]([O-])([O-])[O-].[O-][Cl+3]([O-])([O-])[O-].c1ccc(-c2ccccn2)nc1.c1ccc(-c2ccccn2)nc1. The van der Waals surface area contributed by atoms with E-state index in [1.54, 1.807) is 24.8 Å². The van der Waals surface area contributed by atoms with Gasteiger partial charge in [-0.25, -0.2) is 37.3 Å². The van der Waals surface area contributed by atoms with Crippen molar-refractivity contribution < 1.29 is 174 Å². The van der Waals surface area contributed by atoms with Crippen LogP contribution in [0.1, 0.15) is 33.6 Å². The zero-order valence-corrected chi connectivity index (χ0v) is 50.5. The van der Waals surface area contributed by atoms with E-state index in [-0.39, 0.29) is 102 Å². The van der Waals surface area contributed by atoms with Crippen LogP contribution in [0, 0.1) is 20.5 Å². The number of aromatic nitrogens is 4. The van der Waals surface area contributed by atoms with Crippen molar-refractivity contribution >= 4 is 46.9 Å². The summed E-state index contributed by atoms with van der Waals surface area (Å²) in [6, 6.07) is 34.3. The van der Waals surface area contributed by atoms with Crippen molar-refractivity contribution in [2.75, 3.05) is 68.6 Å². The molecule has 4 heterocycles. The molecule has 466 valence electrons. The van der Waals surface area contributed by atoms with Gasteiger partial charge in [0.15, 0.2) is 0 Å². The van der Waals surface area contributed by atoms with Crippen LogP contribution in [0.4, 0.5) is 11.4 Å². The first kappa shape index (κ1) is 89.1. The molecule has 84 heavy (non-hydrogen) atoms. The van der Waals surface area contributed by atoms with Crippen molar-refractivity contribution in [3.05, 3.63) is 157 Å². The van der Waals surface area contributed by atoms with Gasteiger partial charge in [-0.1, -0.05) is 60.7 Å². The third-order valence-electron chi connectivity index (χ3n) is 8.28. The number of carbonyl (C=O) groups excluding carboxylic acids is 2. The van der Waals surface area contributed by atoms with Gasteiger partial charge in [-0.15, -0.1) is 20.5 Å². The fraction of sp³-hybridized carbons (Fsp3) is 0.240. The van der Waals surface area contributed by atoms with Crippen molar-refractivity contribution in [1.82, 2.24) is 29.7 Å². The summed E-state index contributed by atoms with van der Waals surface area (Å²) in [6.45, 7) is 1.94. The summed E-state index contributed by atoms with van der Waals surface area (Å²) in [5.74, 6) is -7.07. The molecule has 0 bridgehead atoms. The predicted octanol–water partition coefficient (Wildman–Crippen LogP) is -9.72. The van der Waals surface area contributed by atoms with Crippen LogP contribution in [0.15, 0.2) is 166 Å². The van der Waals surface area contributed by atoms with Crippen LogP contribution in [0.2, 0.25) is 0 Å². The Balaban J connectivity index is -0.000000225. The van der Waals surface area contributed by atoms with Crippen molar-refractivity contribution in [3.8, 4) is 22.8 Å². The fourth-order valence-electron chi connectivity index (χ4n) is 5.13. The second-order valence-corrected chi connectivity index (χ2v) is 16.3. The molecule has 2 radical (unpaired) electrons. The average Bonchev–Trinajstić information content (AvgIpc) is 3.50. The molecule has 0 atom stereocenters. The summed E-state index contributed by atoms with van der Waals surface area (Å²) in [5.41, 5.74) is 2.95. The number of rotatable bonds is 14. The molecule has 0 saturated carbocycles. The van der Waals surface area contributed by atoms with Gasteiger partial charge in [0.1, 0.15) is 0 Å². The van der Waals surface area contributed by atoms with E-state index < -0.39 is 56.0 Å². The minimum Gasteiger partial charge on any atom is -0.858 e. The number of aliphatic hydroxyl groups excluding tert-OH is 2. The minimum atomic E-state index is -4.94. The van der Waals surface area contributed by atoms with Crippen LogP contribution >= 0.6 is 0 Å². The molecule has 0 aliphatic rings. The first-order valence-electron chi connectivity index (χ1n) is 22.4. The molecule has 0 aliphatic heterocycles. The average molecular weight is 1390 g/mol. The van der Waals surface area contributed by atoms with E-state index in [2.05, 4.69) is 39.9 Å². The number of aliphatic hydroxyl groups is 2. The van der Waals surface area contributed by atoms with E-state index in [0.29, 0.717) is 12.8 Å². The Labute approximate surface area is 528 Å². The zero-order chi connectivity index (χ0) is 61.1. The van der Waals surface area contributed by atoms with Gasteiger partial charge in [0.25, 0.3) is 0 Å². The maximum absolute atomic E-state index is 11.6. The molecule has 0 fully saturated rings. The second kappa shape index (κ2) is 52.5. The van der Waals surface area contributed by atoms with Crippen LogP contribution in [0.3, 0.4) is 0 Å². The van der Waals surface area contributed by atoms with Gasteiger partial charge in [-0.2, -0.15) is 0 Å². The van der Waals surface area contributed by atoms with Crippen LogP contribution in [-0.4, -0.2) is 144 Å². The Hall–Kier alpha value is -6.07. The number of carboxylic acid groups (broad SMARTS) is 2. The summed E-state index contributed by atoms with van der Waals surface area (Å²) >= 11 is 0. The standard InChI is InChI=1S/2C14H19N3O4.2C10H8N2.2CH4O.2ClHO4.4Ni/c2*1-17(2)9-5-8-15-12(18)13(19)16-11-7-4-3-6-10(11)14(20)21;2*1-3-7-11-9(5-1)10-6-2-4-8-12-10;2*1-2;2*2-1(3,4)5;;;;/h2*3-4,6-7H,5,8-9H2,1-2H3,(H,15,18)(H,16,19)(H,20,21);2*1-8H;2*2H,1H3;2*(H,2,3,4,5);;;;/q;;;;;;;;2*+2;2*+3/p-8. The molecule has 0 unspecified atom stereocenters. The molecule has 28 nitrogen and oxygen atoms in total. The van der Waals surface area contributed by atoms with Gasteiger partial charge in [-0.05, 0) is 138 Å². The molecule has 2 aromatic carbocycles. The number of hydrogen-bond acceptors (Lipinski definition) is 28.